The Balaban J connectivity index is 2.29. The average molecular weight is 346 g/mol. The van der Waals surface area contributed by atoms with Crippen LogP contribution in [-0.2, 0) is 19.7 Å². The maximum absolute atomic E-state index is 13.0. The molecule has 4 nitrogen and oxygen atoms in total. The molecule has 0 amide bonds. The third-order valence-corrected chi connectivity index (χ3v) is 4.51. The summed E-state index contributed by atoms with van der Waals surface area (Å²) in [5.74, 6) is -0.492. The Bertz CT molecular complexity index is 602. The van der Waals surface area contributed by atoms with E-state index in [1.54, 1.807) is 12.1 Å². The molecule has 1 saturated carbocycles. The van der Waals surface area contributed by atoms with Crippen LogP contribution in [0.25, 0.3) is 0 Å². The number of carbonyl (C=O) groups excluding carboxylic acids is 2. The smallest absolute Gasteiger partial charge is 0.338 e. The Morgan fingerprint density at radius 1 is 1.00 bits per heavy atom. The van der Waals surface area contributed by atoms with Gasteiger partial charge in [0.05, 0.1) is 17.1 Å². The predicted octanol–water partition coefficient (Wildman–Crippen LogP) is 4.80. The zero-order chi connectivity index (χ0) is 18.7. The first-order valence-corrected chi connectivity index (χ1v) is 9.19. The van der Waals surface area contributed by atoms with E-state index >= 15 is 0 Å². The standard InChI is InChI=1S/C21H30O4/c1-15(2)24-18(22)16-9-11-17(12-10-16)21(13-7-6-8-14-21)19(23)25-20(3,4)5/h9-12,15H,6-8,13-14H2,1-5H3. The van der Waals surface area contributed by atoms with Crippen molar-refractivity contribution in [3.8, 4) is 0 Å². The van der Waals surface area contributed by atoms with Crippen molar-refractivity contribution in [1.82, 2.24) is 0 Å². The largest absolute Gasteiger partial charge is 0.459 e. The number of esters is 2. The summed E-state index contributed by atoms with van der Waals surface area (Å²) in [4.78, 5) is 25.0. The first-order chi connectivity index (χ1) is 11.6. The fourth-order valence-corrected chi connectivity index (χ4v) is 3.35. The van der Waals surface area contributed by atoms with Crippen molar-refractivity contribution in [2.24, 2.45) is 0 Å². The van der Waals surface area contributed by atoms with E-state index in [9.17, 15) is 9.59 Å². The molecule has 0 saturated heterocycles. The van der Waals surface area contributed by atoms with Crippen molar-refractivity contribution < 1.29 is 19.1 Å². The monoisotopic (exact) mass is 346 g/mol. The number of rotatable bonds is 4. The molecule has 25 heavy (non-hydrogen) atoms. The topological polar surface area (TPSA) is 52.6 Å². The molecule has 0 atom stereocenters. The molecule has 1 aromatic carbocycles. The molecule has 0 bridgehead atoms. The van der Waals surface area contributed by atoms with Gasteiger partial charge in [0.25, 0.3) is 0 Å². The Kier molecular flexibility index (Phi) is 5.91. The number of hydrogen-bond acceptors (Lipinski definition) is 4. The van der Waals surface area contributed by atoms with E-state index in [1.165, 1.54) is 0 Å². The second-order valence-corrected chi connectivity index (χ2v) is 8.18. The molecule has 2 rings (SSSR count). The van der Waals surface area contributed by atoms with E-state index in [0.717, 1.165) is 37.7 Å². The zero-order valence-corrected chi connectivity index (χ0v) is 16.1. The third-order valence-electron chi connectivity index (χ3n) is 4.51. The van der Waals surface area contributed by atoms with Crippen molar-refractivity contribution in [2.75, 3.05) is 0 Å². The molecule has 4 heteroatoms. The number of ether oxygens (including phenoxy) is 2. The van der Waals surface area contributed by atoms with Crippen LogP contribution >= 0.6 is 0 Å². The van der Waals surface area contributed by atoms with Crippen LogP contribution in [-0.4, -0.2) is 23.6 Å². The Morgan fingerprint density at radius 3 is 2.04 bits per heavy atom. The Labute approximate surface area is 150 Å². The van der Waals surface area contributed by atoms with E-state index in [0.29, 0.717) is 5.56 Å². The fourth-order valence-electron chi connectivity index (χ4n) is 3.35. The van der Waals surface area contributed by atoms with Crippen LogP contribution < -0.4 is 0 Å². The highest BCUT2D eigenvalue weighted by Crippen LogP contribution is 2.41. The summed E-state index contributed by atoms with van der Waals surface area (Å²) >= 11 is 0. The maximum atomic E-state index is 13.0. The van der Waals surface area contributed by atoms with Gasteiger partial charge in [-0.3, -0.25) is 4.79 Å². The fraction of sp³-hybridized carbons (Fsp3) is 0.619. The SMILES string of the molecule is CC(C)OC(=O)c1ccc(C2(C(=O)OC(C)(C)C)CCCCC2)cc1. The van der Waals surface area contributed by atoms with Gasteiger partial charge in [0.1, 0.15) is 5.60 Å². The minimum atomic E-state index is -0.605. The van der Waals surface area contributed by atoms with Gasteiger partial charge in [0.15, 0.2) is 0 Å². The van der Waals surface area contributed by atoms with E-state index in [2.05, 4.69) is 0 Å². The highest BCUT2D eigenvalue weighted by atomic mass is 16.6. The lowest BCUT2D eigenvalue weighted by atomic mass is 9.69. The second-order valence-electron chi connectivity index (χ2n) is 8.18. The minimum Gasteiger partial charge on any atom is -0.459 e. The molecule has 0 radical (unpaired) electrons. The van der Waals surface area contributed by atoms with Crippen LogP contribution in [0.3, 0.4) is 0 Å². The van der Waals surface area contributed by atoms with Crippen molar-refractivity contribution in [2.45, 2.75) is 83.8 Å². The van der Waals surface area contributed by atoms with Gasteiger partial charge in [0.2, 0.25) is 0 Å². The lowest BCUT2D eigenvalue weighted by molar-refractivity contribution is -0.163. The van der Waals surface area contributed by atoms with Crippen LogP contribution in [0.5, 0.6) is 0 Å². The van der Waals surface area contributed by atoms with Gasteiger partial charge in [-0.2, -0.15) is 0 Å². The Hall–Kier alpha value is -1.84. The van der Waals surface area contributed by atoms with Gasteiger partial charge in [-0.25, -0.2) is 4.79 Å². The quantitative estimate of drug-likeness (QED) is 0.735. The molecular formula is C21H30O4. The Morgan fingerprint density at radius 2 is 1.56 bits per heavy atom. The van der Waals surface area contributed by atoms with Crippen molar-refractivity contribution in [1.29, 1.82) is 0 Å². The van der Waals surface area contributed by atoms with Gasteiger partial charge in [0, 0.05) is 0 Å². The third kappa shape index (κ3) is 4.83. The molecule has 1 fully saturated rings. The molecular weight excluding hydrogens is 316 g/mol. The normalized spacial score (nSPS) is 17.2. The van der Waals surface area contributed by atoms with Crippen molar-refractivity contribution in [3.05, 3.63) is 35.4 Å². The van der Waals surface area contributed by atoms with E-state index in [4.69, 9.17) is 9.47 Å². The molecule has 0 unspecified atom stereocenters. The summed E-state index contributed by atoms with van der Waals surface area (Å²) in [6.07, 6.45) is 4.59. The molecule has 0 heterocycles. The molecule has 0 spiro atoms. The molecule has 0 N–H and O–H groups in total. The minimum absolute atomic E-state index is 0.154. The van der Waals surface area contributed by atoms with Crippen LogP contribution in [0, 0.1) is 0 Å². The lowest BCUT2D eigenvalue weighted by Gasteiger charge is -2.37. The van der Waals surface area contributed by atoms with E-state index in [-0.39, 0.29) is 18.0 Å². The van der Waals surface area contributed by atoms with Gasteiger partial charge < -0.3 is 9.47 Å². The summed E-state index contributed by atoms with van der Waals surface area (Å²) in [5, 5.41) is 0. The van der Waals surface area contributed by atoms with Crippen molar-refractivity contribution in [3.63, 3.8) is 0 Å². The van der Waals surface area contributed by atoms with Gasteiger partial charge in [-0.05, 0) is 65.2 Å². The molecule has 0 aliphatic heterocycles. The number of carbonyl (C=O) groups is 2. The number of hydrogen-bond donors (Lipinski definition) is 0. The van der Waals surface area contributed by atoms with Crippen LogP contribution in [0.4, 0.5) is 0 Å². The average Bonchev–Trinajstić information content (AvgIpc) is 2.53. The molecule has 138 valence electrons. The van der Waals surface area contributed by atoms with Crippen LogP contribution in [0.1, 0.15) is 82.6 Å². The van der Waals surface area contributed by atoms with Gasteiger partial charge in [-0.15, -0.1) is 0 Å². The predicted molar refractivity (Wildman–Crippen MR) is 97.6 cm³/mol. The van der Waals surface area contributed by atoms with E-state index in [1.807, 2.05) is 46.8 Å². The molecule has 1 aliphatic carbocycles. The van der Waals surface area contributed by atoms with Crippen molar-refractivity contribution >= 4 is 11.9 Å². The lowest BCUT2D eigenvalue weighted by Crippen LogP contribution is -2.42. The molecule has 0 aromatic heterocycles. The summed E-state index contributed by atoms with van der Waals surface area (Å²) < 4.78 is 11.0. The highest BCUT2D eigenvalue weighted by Gasteiger charge is 2.44. The summed E-state index contributed by atoms with van der Waals surface area (Å²) in [6, 6.07) is 7.26. The van der Waals surface area contributed by atoms with Gasteiger partial charge in [-0.1, -0.05) is 31.4 Å². The summed E-state index contributed by atoms with van der Waals surface area (Å²) in [6.45, 7) is 9.34. The van der Waals surface area contributed by atoms with Gasteiger partial charge >= 0.3 is 11.9 Å². The summed E-state index contributed by atoms with van der Waals surface area (Å²) in [7, 11) is 0. The molecule has 1 aliphatic rings. The van der Waals surface area contributed by atoms with Crippen LogP contribution in [0.2, 0.25) is 0 Å². The maximum Gasteiger partial charge on any atom is 0.338 e. The first-order valence-electron chi connectivity index (χ1n) is 9.19. The number of benzene rings is 1. The second kappa shape index (κ2) is 7.59. The first kappa shape index (κ1) is 19.5. The zero-order valence-electron chi connectivity index (χ0n) is 16.1. The summed E-state index contributed by atoms with van der Waals surface area (Å²) in [5.41, 5.74) is 0.323. The van der Waals surface area contributed by atoms with Crippen LogP contribution in [0.15, 0.2) is 24.3 Å². The molecule has 1 aromatic rings. The van der Waals surface area contributed by atoms with E-state index < -0.39 is 11.0 Å². The highest BCUT2D eigenvalue weighted by molar-refractivity contribution is 5.90.